The normalized spacial score (nSPS) is 16.3. The number of aryl methyl sites for hydroxylation is 2. The van der Waals surface area contributed by atoms with Crippen LogP contribution in [0.25, 0.3) is 16.5 Å². The molecule has 1 aliphatic carbocycles. The van der Waals surface area contributed by atoms with Crippen molar-refractivity contribution in [1.82, 2.24) is 4.98 Å². The molecule has 0 bridgehead atoms. The van der Waals surface area contributed by atoms with Crippen LogP contribution < -0.4 is 5.32 Å². The molecule has 2 N–H and O–H groups in total. The second-order valence-electron chi connectivity index (χ2n) is 8.57. The van der Waals surface area contributed by atoms with Crippen molar-refractivity contribution in [1.29, 1.82) is 0 Å². The minimum atomic E-state index is 0.257. The van der Waals surface area contributed by atoms with Crippen molar-refractivity contribution in [3.63, 3.8) is 0 Å². The maximum Gasteiger partial charge on any atom is 0.0462 e. The zero-order chi connectivity index (χ0) is 20.1. The van der Waals surface area contributed by atoms with Gasteiger partial charge in [-0.2, -0.15) is 0 Å². The number of rotatable bonds is 3. The van der Waals surface area contributed by atoms with E-state index in [1.807, 2.05) is 0 Å². The number of allylic oxidation sites excluding steroid dienone is 1. The van der Waals surface area contributed by atoms with E-state index in [1.165, 1.54) is 55.7 Å². The molecule has 30 heavy (non-hydrogen) atoms. The molecular weight excluding hydrogens is 364 g/mol. The highest BCUT2D eigenvalue weighted by atomic mass is 14.9. The van der Waals surface area contributed by atoms with Gasteiger partial charge in [-0.3, -0.25) is 0 Å². The lowest BCUT2D eigenvalue weighted by atomic mass is 9.81. The first kappa shape index (κ1) is 17.6. The molecule has 6 rings (SSSR count). The van der Waals surface area contributed by atoms with Crippen molar-refractivity contribution in [2.24, 2.45) is 0 Å². The zero-order valence-electron chi connectivity index (χ0n) is 17.3. The van der Waals surface area contributed by atoms with E-state index in [2.05, 4.69) is 90.0 Å². The monoisotopic (exact) mass is 390 g/mol. The van der Waals surface area contributed by atoms with Crippen molar-refractivity contribution < 1.29 is 0 Å². The lowest BCUT2D eigenvalue weighted by Gasteiger charge is -2.23. The molecule has 2 nitrogen and oxygen atoms in total. The van der Waals surface area contributed by atoms with Crippen LogP contribution in [0.2, 0.25) is 0 Å². The molecule has 0 saturated carbocycles. The first-order valence-electron chi connectivity index (χ1n) is 11.0. The third-order valence-corrected chi connectivity index (χ3v) is 6.98. The number of fused-ring (bicyclic) bond motifs is 1. The summed E-state index contributed by atoms with van der Waals surface area (Å²) in [6.07, 6.45) is 3.34. The van der Waals surface area contributed by atoms with Crippen molar-refractivity contribution >= 4 is 22.2 Å². The van der Waals surface area contributed by atoms with Crippen molar-refractivity contribution in [3.8, 4) is 0 Å². The molecule has 0 saturated heterocycles. The Morgan fingerprint density at radius 2 is 1.63 bits per heavy atom. The van der Waals surface area contributed by atoms with E-state index >= 15 is 0 Å². The minimum absolute atomic E-state index is 0.257. The van der Waals surface area contributed by atoms with E-state index in [0.717, 1.165) is 25.8 Å². The smallest absolute Gasteiger partial charge is 0.0462 e. The van der Waals surface area contributed by atoms with Gasteiger partial charge >= 0.3 is 0 Å². The third kappa shape index (κ3) is 2.64. The average Bonchev–Trinajstić information content (AvgIpc) is 3.34. The number of anilines is 1. The van der Waals surface area contributed by atoms with E-state index in [0.29, 0.717) is 0 Å². The molecule has 0 fully saturated rings. The molecule has 148 valence electrons. The van der Waals surface area contributed by atoms with Crippen molar-refractivity contribution in [2.45, 2.75) is 32.1 Å². The molecule has 0 radical (unpaired) electrons. The predicted molar refractivity (Wildman–Crippen MR) is 126 cm³/mol. The highest BCUT2D eigenvalue weighted by molar-refractivity contribution is 5.91. The molecule has 0 amide bonds. The lowest BCUT2D eigenvalue weighted by molar-refractivity contribution is 0.823. The maximum atomic E-state index is 3.86. The van der Waals surface area contributed by atoms with E-state index in [-0.39, 0.29) is 5.92 Å². The van der Waals surface area contributed by atoms with E-state index in [9.17, 15) is 0 Å². The quantitative estimate of drug-likeness (QED) is 0.401. The first-order chi connectivity index (χ1) is 14.8. The van der Waals surface area contributed by atoms with Gasteiger partial charge in [-0.15, -0.1) is 0 Å². The summed E-state index contributed by atoms with van der Waals surface area (Å²) in [4.78, 5) is 3.86. The SMILES string of the molecule is CC1=C(C(c2ccccc2)c2[nH]c3cccc4c3c2CC4)CCNc2ccccc21. The van der Waals surface area contributed by atoms with Gasteiger partial charge in [0.25, 0.3) is 0 Å². The average molecular weight is 391 g/mol. The van der Waals surface area contributed by atoms with E-state index in [4.69, 9.17) is 0 Å². The van der Waals surface area contributed by atoms with Crippen molar-refractivity contribution in [2.75, 3.05) is 11.9 Å². The molecule has 1 unspecified atom stereocenters. The first-order valence-corrected chi connectivity index (χ1v) is 11.0. The fourth-order valence-corrected chi connectivity index (χ4v) is 5.59. The van der Waals surface area contributed by atoms with Gasteiger partial charge in [-0.05, 0) is 60.6 Å². The highest BCUT2D eigenvalue weighted by Crippen LogP contribution is 2.45. The Labute approximate surface area is 177 Å². The Morgan fingerprint density at radius 3 is 2.53 bits per heavy atom. The van der Waals surface area contributed by atoms with Crippen LogP contribution >= 0.6 is 0 Å². The minimum Gasteiger partial charge on any atom is -0.384 e. The zero-order valence-corrected chi connectivity index (χ0v) is 17.3. The number of hydrogen-bond acceptors (Lipinski definition) is 1. The van der Waals surface area contributed by atoms with Gasteiger partial charge < -0.3 is 10.3 Å². The molecule has 2 aliphatic rings. The Kier molecular flexibility index (Phi) is 4.05. The third-order valence-electron chi connectivity index (χ3n) is 6.98. The number of para-hydroxylation sites is 1. The van der Waals surface area contributed by atoms with Crippen LogP contribution in [0.4, 0.5) is 5.69 Å². The summed E-state index contributed by atoms with van der Waals surface area (Å²) in [6.45, 7) is 3.28. The molecule has 4 aromatic rings. The molecule has 0 spiro atoms. The number of aromatic amines is 1. The topological polar surface area (TPSA) is 27.8 Å². The van der Waals surface area contributed by atoms with Crippen LogP contribution in [0.5, 0.6) is 0 Å². The predicted octanol–water partition coefficient (Wildman–Crippen LogP) is 6.69. The van der Waals surface area contributed by atoms with Crippen LogP contribution in [-0.4, -0.2) is 11.5 Å². The number of nitrogens with one attached hydrogen (secondary N) is 2. The summed E-state index contributed by atoms with van der Waals surface area (Å²) in [5.74, 6) is 0.257. The summed E-state index contributed by atoms with van der Waals surface area (Å²) in [7, 11) is 0. The highest BCUT2D eigenvalue weighted by Gasteiger charge is 2.30. The van der Waals surface area contributed by atoms with Gasteiger partial charge in [0.05, 0.1) is 0 Å². The van der Waals surface area contributed by atoms with Crippen LogP contribution in [0.15, 0.2) is 78.4 Å². The van der Waals surface area contributed by atoms with E-state index in [1.54, 1.807) is 0 Å². The lowest BCUT2D eigenvalue weighted by Crippen LogP contribution is -2.11. The largest absolute Gasteiger partial charge is 0.384 e. The van der Waals surface area contributed by atoms with Gasteiger partial charge in [-0.1, -0.05) is 66.2 Å². The maximum absolute atomic E-state index is 3.86. The number of benzene rings is 3. The fourth-order valence-electron chi connectivity index (χ4n) is 5.59. The second kappa shape index (κ2) is 6.91. The molecule has 1 atom stereocenters. The van der Waals surface area contributed by atoms with Gasteiger partial charge in [0.1, 0.15) is 0 Å². The summed E-state index contributed by atoms with van der Waals surface area (Å²) < 4.78 is 0. The van der Waals surface area contributed by atoms with Crippen LogP contribution in [0.3, 0.4) is 0 Å². The summed E-state index contributed by atoms with van der Waals surface area (Å²) >= 11 is 0. The van der Waals surface area contributed by atoms with Gasteiger partial charge in [0, 0.05) is 40.3 Å². The number of hydrogen-bond donors (Lipinski definition) is 2. The molecule has 1 aliphatic heterocycles. The Morgan fingerprint density at radius 1 is 0.800 bits per heavy atom. The molecule has 2 heterocycles. The van der Waals surface area contributed by atoms with Gasteiger partial charge in [0.2, 0.25) is 0 Å². The Bertz CT molecular complexity index is 1280. The summed E-state index contributed by atoms with van der Waals surface area (Å²) in [5.41, 5.74) is 12.6. The number of aromatic nitrogens is 1. The Balaban J connectivity index is 1.61. The summed E-state index contributed by atoms with van der Waals surface area (Å²) in [5, 5.41) is 5.13. The van der Waals surface area contributed by atoms with Gasteiger partial charge in [0.15, 0.2) is 0 Å². The van der Waals surface area contributed by atoms with Crippen LogP contribution in [-0.2, 0) is 12.8 Å². The van der Waals surface area contributed by atoms with Crippen LogP contribution in [0, 0.1) is 0 Å². The standard InChI is InChI=1S/C28H26N2/c1-18-21-11-5-6-12-24(21)29-17-16-22(18)27(19-8-3-2-4-9-19)28-23-15-14-20-10-7-13-25(30-28)26(20)23/h2-13,27,29-30H,14-17H2,1H3. The van der Waals surface area contributed by atoms with Gasteiger partial charge in [-0.25, -0.2) is 0 Å². The molecule has 2 heteroatoms. The molecule has 3 aromatic carbocycles. The second-order valence-corrected chi connectivity index (χ2v) is 8.57. The molecular formula is C28H26N2. The van der Waals surface area contributed by atoms with E-state index < -0.39 is 0 Å². The van der Waals surface area contributed by atoms with Crippen LogP contribution in [0.1, 0.15) is 47.2 Å². The van der Waals surface area contributed by atoms with Crippen molar-refractivity contribution in [3.05, 3.63) is 106 Å². The summed E-state index contributed by atoms with van der Waals surface area (Å²) in [6, 6.07) is 26.5. The Hall–Kier alpha value is -3.26. The number of H-pyrrole nitrogens is 1. The fraction of sp³-hybridized carbons (Fsp3) is 0.214. The molecule has 1 aromatic heterocycles.